The SMILES string of the molecule is CN=C(NCc1ccc(C)cc1)N(C)CC1CCOC1. The number of ether oxygens (including phenoxy) is 1. The van der Waals surface area contributed by atoms with Crippen molar-refractivity contribution in [3.05, 3.63) is 35.4 Å². The molecule has 1 saturated heterocycles. The summed E-state index contributed by atoms with van der Waals surface area (Å²) >= 11 is 0. The fourth-order valence-electron chi connectivity index (χ4n) is 2.47. The summed E-state index contributed by atoms with van der Waals surface area (Å²) in [6, 6.07) is 8.58. The van der Waals surface area contributed by atoms with E-state index in [1.165, 1.54) is 11.1 Å². The second-order valence-corrected chi connectivity index (χ2v) is 5.50. The van der Waals surface area contributed by atoms with E-state index in [2.05, 4.69) is 53.4 Å². The molecule has 1 aromatic rings. The third-order valence-electron chi connectivity index (χ3n) is 3.70. The Bertz CT molecular complexity index is 436. The van der Waals surface area contributed by atoms with Crippen molar-refractivity contribution in [3.63, 3.8) is 0 Å². The number of nitrogens with zero attached hydrogens (tertiary/aromatic N) is 2. The quantitative estimate of drug-likeness (QED) is 0.675. The standard InChI is InChI=1S/C16H25N3O/c1-13-4-6-14(7-5-13)10-18-16(17-2)19(3)11-15-8-9-20-12-15/h4-7,15H,8-12H2,1-3H3,(H,17,18). The zero-order valence-corrected chi connectivity index (χ0v) is 12.7. The van der Waals surface area contributed by atoms with Gasteiger partial charge in [-0.15, -0.1) is 0 Å². The van der Waals surface area contributed by atoms with E-state index in [-0.39, 0.29) is 0 Å². The average molecular weight is 275 g/mol. The van der Waals surface area contributed by atoms with Crippen molar-refractivity contribution < 1.29 is 4.74 Å². The molecule has 0 saturated carbocycles. The molecule has 4 heteroatoms. The molecule has 1 heterocycles. The van der Waals surface area contributed by atoms with Crippen molar-refractivity contribution in [1.29, 1.82) is 0 Å². The first-order valence-corrected chi connectivity index (χ1v) is 7.24. The Hall–Kier alpha value is -1.55. The number of guanidine groups is 1. The second-order valence-electron chi connectivity index (χ2n) is 5.50. The molecule has 2 rings (SSSR count). The maximum atomic E-state index is 5.42. The van der Waals surface area contributed by atoms with E-state index in [0.29, 0.717) is 5.92 Å². The third kappa shape index (κ3) is 4.23. The van der Waals surface area contributed by atoms with Crippen LogP contribution >= 0.6 is 0 Å². The lowest BCUT2D eigenvalue weighted by molar-refractivity contribution is 0.181. The molecule has 0 radical (unpaired) electrons. The number of nitrogens with one attached hydrogen (secondary N) is 1. The van der Waals surface area contributed by atoms with Gasteiger partial charge in [0.2, 0.25) is 0 Å². The molecule has 20 heavy (non-hydrogen) atoms. The van der Waals surface area contributed by atoms with E-state index in [1.807, 2.05) is 7.05 Å². The van der Waals surface area contributed by atoms with Gasteiger partial charge in [-0.3, -0.25) is 4.99 Å². The maximum Gasteiger partial charge on any atom is 0.193 e. The Morgan fingerprint density at radius 2 is 2.15 bits per heavy atom. The predicted octanol–water partition coefficient (Wildman–Crippen LogP) is 2.04. The number of benzene rings is 1. The highest BCUT2D eigenvalue weighted by atomic mass is 16.5. The first kappa shape index (κ1) is 14.9. The number of hydrogen-bond donors (Lipinski definition) is 1. The van der Waals surface area contributed by atoms with Crippen LogP contribution in [0.1, 0.15) is 17.5 Å². The van der Waals surface area contributed by atoms with E-state index in [1.54, 1.807) is 0 Å². The summed E-state index contributed by atoms with van der Waals surface area (Å²) in [5.74, 6) is 1.57. The summed E-state index contributed by atoms with van der Waals surface area (Å²) in [7, 11) is 3.92. The van der Waals surface area contributed by atoms with E-state index >= 15 is 0 Å². The molecular weight excluding hydrogens is 250 g/mol. The average Bonchev–Trinajstić information content (AvgIpc) is 2.94. The zero-order chi connectivity index (χ0) is 14.4. The minimum atomic E-state index is 0.623. The van der Waals surface area contributed by atoms with Gasteiger partial charge in [-0.25, -0.2) is 0 Å². The molecule has 4 nitrogen and oxygen atoms in total. The molecule has 110 valence electrons. The first-order valence-electron chi connectivity index (χ1n) is 7.24. The molecule has 0 bridgehead atoms. The molecular formula is C16H25N3O. The van der Waals surface area contributed by atoms with Crippen LogP contribution in [0.25, 0.3) is 0 Å². The normalized spacial score (nSPS) is 19.1. The Morgan fingerprint density at radius 1 is 1.40 bits per heavy atom. The van der Waals surface area contributed by atoms with Crippen molar-refractivity contribution in [1.82, 2.24) is 10.2 Å². The topological polar surface area (TPSA) is 36.9 Å². The lowest BCUT2D eigenvalue weighted by atomic mass is 10.1. The fourth-order valence-corrected chi connectivity index (χ4v) is 2.47. The summed E-state index contributed by atoms with van der Waals surface area (Å²) in [6.45, 7) is 5.67. The molecule has 1 atom stereocenters. The fraction of sp³-hybridized carbons (Fsp3) is 0.562. The van der Waals surface area contributed by atoms with Crippen molar-refractivity contribution in [2.24, 2.45) is 10.9 Å². The number of rotatable bonds is 4. The van der Waals surface area contributed by atoms with Crippen LogP contribution in [-0.2, 0) is 11.3 Å². The van der Waals surface area contributed by atoms with Crippen LogP contribution in [0.4, 0.5) is 0 Å². The molecule has 0 aromatic heterocycles. The third-order valence-corrected chi connectivity index (χ3v) is 3.70. The Balaban J connectivity index is 1.83. The summed E-state index contributed by atoms with van der Waals surface area (Å²) in [6.07, 6.45) is 1.15. The summed E-state index contributed by atoms with van der Waals surface area (Å²) in [4.78, 5) is 6.54. The molecule has 0 spiro atoms. The highest BCUT2D eigenvalue weighted by Crippen LogP contribution is 2.13. The number of aliphatic imine (C=N–C) groups is 1. The van der Waals surface area contributed by atoms with E-state index in [9.17, 15) is 0 Å². The lowest BCUT2D eigenvalue weighted by Gasteiger charge is -2.24. The van der Waals surface area contributed by atoms with Crippen molar-refractivity contribution in [2.75, 3.05) is 33.9 Å². The van der Waals surface area contributed by atoms with Crippen molar-refractivity contribution in [3.8, 4) is 0 Å². The largest absolute Gasteiger partial charge is 0.381 e. The van der Waals surface area contributed by atoms with E-state index in [0.717, 1.165) is 38.7 Å². The summed E-state index contributed by atoms with van der Waals surface area (Å²) < 4.78 is 5.42. The number of hydrogen-bond acceptors (Lipinski definition) is 2. The van der Waals surface area contributed by atoms with Crippen molar-refractivity contribution in [2.45, 2.75) is 19.9 Å². The van der Waals surface area contributed by atoms with E-state index in [4.69, 9.17) is 4.74 Å². The van der Waals surface area contributed by atoms with Crippen LogP contribution in [0.3, 0.4) is 0 Å². The molecule has 0 amide bonds. The van der Waals surface area contributed by atoms with Gasteiger partial charge in [0.25, 0.3) is 0 Å². The maximum absolute atomic E-state index is 5.42. The van der Waals surface area contributed by atoms with Crippen LogP contribution in [-0.4, -0.2) is 44.7 Å². The molecule has 1 N–H and O–H groups in total. The summed E-state index contributed by atoms with van der Waals surface area (Å²) in [5.41, 5.74) is 2.56. The molecule has 0 aliphatic carbocycles. The highest BCUT2D eigenvalue weighted by molar-refractivity contribution is 5.79. The molecule has 1 unspecified atom stereocenters. The van der Waals surface area contributed by atoms with Gasteiger partial charge < -0.3 is 15.0 Å². The Kier molecular flexibility index (Phi) is 5.41. The van der Waals surface area contributed by atoms with Gasteiger partial charge in [-0.2, -0.15) is 0 Å². The Labute approximate surface area is 121 Å². The van der Waals surface area contributed by atoms with Gasteiger partial charge >= 0.3 is 0 Å². The lowest BCUT2D eigenvalue weighted by Crippen LogP contribution is -2.41. The monoisotopic (exact) mass is 275 g/mol. The van der Waals surface area contributed by atoms with Gasteiger partial charge in [0.15, 0.2) is 5.96 Å². The van der Waals surface area contributed by atoms with Gasteiger partial charge in [0, 0.05) is 39.7 Å². The van der Waals surface area contributed by atoms with Gasteiger partial charge in [-0.05, 0) is 18.9 Å². The van der Waals surface area contributed by atoms with Crippen LogP contribution in [0, 0.1) is 12.8 Å². The summed E-state index contributed by atoms with van der Waals surface area (Å²) in [5, 5.41) is 3.41. The van der Waals surface area contributed by atoms with Gasteiger partial charge in [-0.1, -0.05) is 29.8 Å². The second kappa shape index (κ2) is 7.29. The van der Waals surface area contributed by atoms with Crippen LogP contribution in [0.2, 0.25) is 0 Å². The minimum absolute atomic E-state index is 0.623. The first-order chi connectivity index (χ1) is 9.69. The zero-order valence-electron chi connectivity index (χ0n) is 12.7. The highest BCUT2D eigenvalue weighted by Gasteiger charge is 2.18. The number of aryl methyl sites for hydroxylation is 1. The van der Waals surface area contributed by atoms with Gasteiger partial charge in [0.1, 0.15) is 0 Å². The molecule has 1 aliphatic heterocycles. The smallest absolute Gasteiger partial charge is 0.193 e. The predicted molar refractivity (Wildman–Crippen MR) is 82.9 cm³/mol. The van der Waals surface area contributed by atoms with Crippen LogP contribution < -0.4 is 5.32 Å². The van der Waals surface area contributed by atoms with E-state index < -0.39 is 0 Å². The Morgan fingerprint density at radius 3 is 2.75 bits per heavy atom. The minimum Gasteiger partial charge on any atom is -0.381 e. The van der Waals surface area contributed by atoms with Gasteiger partial charge in [0.05, 0.1) is 6.61 Å². The van der Waals surface area contributed by atoms with Crippen molar-refractivity contribution >= 4 is 5.96 Å². The molecule has 1 fully saturated rings. The molecule has 1 aromatic carbocycles. The molecule has 1 aliphatic rings. The van der Waals surface area contributed by atoms with Crippen LogP contribution in [0.15, 0.2) is 29.3 Å². The van der Waals surface area contributed by atoms with Crippen LogP contribution in [0.5, 0.6) is 0 Å².